The number of hydrogen-bond acceptors (Lipinski definition) is 5. The number of nitrogens with zero attached hydrogens (tertiary/aromatic N) is 4. The van der Waals surface area contributed by atoms with Crippen molar-refractivity contribution in [2.24, 2.45) is 5.92 Å². The Morgan fingerprint density at radius 2 is 2.19 bits per heavy atom. The zero-order valence-electron chi connectivity index (χ0n) is 11.4. The van der Waals surface area contributed by atoms with Crippen LogP contribution in [-0.4, -0.2) is 25.0 Å². The standard InChI is InChI=1S/C14H12N4O2S/c1-21(20)13-16-7-10-2-9(6-15)12(19)18(11(10)17-13)14-3-8(4-14)5-14/h2,7-8H,3-5H2,1H3. The van der Waals surface area contributed by atoms with E-state index in [2.05, 4.69) is 9.97 Å². The molecule has 0 aliphatic heterocycles. The Bertz CT molecular complexity index is 895. The molecule has 0 radical (unpaired) electrons. The summed E-state index contributed by atoms with van der Waals surface area (Å²) in [5.74, 6) is 0.694. The maximum atomic E-state index is 12.6. The SMILES string of the molecule is CS(=O)c1ncc2cc(C#N)c(=O)n(C34CC(C3)C4)c2n1. The van der Waals surface area contributed by atoms with E-state index in [0.29, 0.717) is 17.0 Å². The number of rotatable bonds is 2. The summed E-state index contributed by atoms with van der Waals surface area (Å²) < 4.78 is 13.2. The highest BCUT2D eigenvalue weighted by Crippen LogP contribution is 2.62. The Morgan fingerprint density at radius 1 is 1.48 bits per heavy atom. The van der Waals surface area contributed by atoms with Crippen LogP contribution in [0.15, 0.2) is 22.2 Å². The molecule has 1 atom stereocenters. The van der Waals surface area contributed by atoms with Crippen molar-refractivity contribution in [3.63, 3.8) is 0 Å². The summed E-state index contributed by atoms with van der Waals surface area (Å²) in [4.78, 5) is 20.9. The molecule has 5 rings (SSSR count). The van der Waals surface area contributed by atoms with Gasteiger partial charge in [0.1, 0.15) is 17.3 Å². The van der Waals surface area contributed by atoms with E-state index in [0.717, 1.165) is 19.3 Å². The molecule has 0 aromatic carbocycles. The van der Waals surface area contributed by atoms with Crippen LogP contribution in [0.2, 0.25) is 0 Å². The first-order chi connectivity index (χ1) is 10.0. The zero-order valence-corrected chi connectivity index (χ0v) is 12.2. The molecule has 7 heteroatoms. The summed E-state index contributed by atoms with van der Waals surface area (Å²) in [5.41, 5.74) is 0.126. The number of pyridine rings is 1. The van der Waals surface area contributed by atoms with Crippen LogP contribution in [0.25, 0.3) is 11.0 Å². The quantitative estimate of drug-likeness (QED) is 0.769. The molecular weight excluding hydrogens is 288 g/mol. The van der Waals surface area contributed by atoms with Crippen molar-refractivity contribution in [2.45, 2.75) is 30.0 Å². The topological polar surface area (TPSA) is 88.6 Å². The summed E-state index contributed by atoms with van der Waals surface area (Å²) in [6, 6.07) is 3.47. The van der Waals surface area contributed by atoms with Crippen LogP contribution in [-0.2, 0) is 16.3 Å². The van der Waals surface area contributed by atoms with Crippen LogP contribution in [0.4, 0.5) is 0 Å². The number of fused-ring (bicyclic) bond motifs is 1. The average Bonchev–Trinajstić information content (AvgIpc) is 2.37. The van der Waals surface area contributed by atoms with Crippen molar-refractivity contribution in [3.8, 4) is 6.07 Å². The summed E-state index contributed by atoms with van der Waals surface area (Å²) in [7, 11) is -1.31. The molecule has 1 unspecified atom stereocenters. The largest absolute Gasteiger partial charge is 0.285 e. The lowest BCUT2D eigenvalue weighted by atomic mass is 9.49. The van der Waals surface area contributed by atoms with Crippen molar-refractivity contribution in [1.82, 2.24) is 14.5 Å². The third-order valence-corrected chi connectivity index (χ3v) is 5.29. The van der Waals surface area contributed by atoms with E-state index in [-0.39, 0.29) is 21.8 Å². The molecule has 3 fully saturated rings. The molecule has 2 heterocycles. The van der Waals surface area contributed by atoms with Gasteiger partial charge in [-0.25, -0.2) is 9.97 Å². The maximum Gasteiger partial charge on any atom is 0.270 e. The van der Waals surface area contributed by atoms with Crippen LogP contribution < -0.4 is 5.56 Å². The Morgan fingerprint density at radius 3 is 2.71 bits per heavy atom. The Balaban J connectivity index is 2.09. The van der Waals surface area contributed by atoms with Crippen LogP contribution >= 0.6 is 0 Å². The molecule has 2 aromatic rings. The van der Waals surface area contributed by atoms with Crippen LogP contribution in [0.5, 0.6) is 0 Å². The average molecular weight is 300 g/mol. The van der Waals surface area contributed by atoms with E-state index in [1.54, 1.807) is 10.8 Å². The second-order valence-electron chi connectivity index (χ2n) is 5.90. The highest BCUT2D eigenvalue weighted by Gasteiger charge is 2.59. The van der Waals surface area contributed by atoms with E-state index in [1.165, 1.54) is 12.3 Å². The zero-order chi connectivity index (χ0) is 14.8. The fraction of sp³-hybridized carbons (Fsp3) is 0.429. The van der Waals surface area contributed by atoms with E-state index >= 15 is 0 Å². The molecule has 2 bridgehead atoms. The van der Waals surface area contributed by atoms with Crippen LogP contribution in [0, 0.1) is 17.2 Å². The van der Waals surface area contributed by atoms with Crippen molar-refractivity contribution in [1.29, 1.82) is 5.26 Å². The molecule has 6 nitrogen and oxygen atoms in total. The van der Waals surface area contributed by atoms with E-state index < -0.39 is 10.8 Å². The molecule has 0 amide bonds. The fourth-order valence-electron chi connectivity index (χ4n) is 3.45. The van der Waals surface area contributed by atoms with Gasteiger partial charge in [0.15, 0.2) is 0 Å². The second-order valence-corrected chi connectivity index (χ2v) is 7.17. The second kappa shape index (κ2) is 3.98. The lowest BCUT2D eigenvalue weighted by Gasteiger charge is -2.62. The summed E-state index contributed by atoms with van der Waals surface area (Å²) in [5, 5.41) is 10.0. The summed E-state index contributed by atoms with van der Waals surface area (Å²) in [6.07, 6.45) is 5.94. The predicted molar refractivity (Wildman–Crippen MR) is 76.2 cm³/mol. The van der Waals surface area contributed by atoms with Crippen molar-refractivity contribution < 1.29 is 4.21 Å². The highest BCUT2D eigenvalue weighted by atomic mass is 32.2. The Hall–Kier alpha value is -2.07. The third-order valence-electron chi connectivity index (χ3n) is 4.58. The minimum Gasteiger partial charge on any atom is -0.285 e. The molecule has 0 saturated heterocycles. The van der Waals surface area contributed by atoms with Gasteiger partial charge in [-0.2, -0.15) is 5.26 Å². The smallest absolute Gasteiger partial charge is 0.270 e. The molecule has 0 N–H and O–H groups in total. The van der Waals surface area contributed by atoms with Crippen LogP contribution in [0.1, 0.15) is 24.8 Å². The van der Waals surface area contributed by atoms with Gasteiger partial charge < -0.3 is 0 Å². The van der Waals surface area contributed by atoms with Gasteiger partial charge in [0, 0.05) is 17.8 Å². The molecular formula is C14H12N4O2S. The van der Waals surface area contributed by atoms with Crippen molar-refractivity contribution in [2.75, 3.05) is 6.26 Å². The van der Waals surface area contributed by atoms with Crippen molar-refractivity contribution >= 4 is 21.8 Å². The minimum atomic E-state index is -1.31. The van der Waals surface area contributed by atoms with Gasteiger partial charge in [-0.1, -0.05) is 0 Å². The maximum absolute atomic E-state index is 12.6. The van der Waals surface area contributed by atoms with Gasteiger partial charge in [-0.3, -0.25) is 13.6 Å². The van der Waals surface area contributed by atoms with Gasteiger partial charge in [-0.05, 0) is 31.2 Å². The Labute approximate surface area is 122 Å². The lowest BCUT2D eigenvalue weighted by Crippen LogP contribution is -2.62. The van der Waals surface area contributed by atoms with Gasteiger partial charge >= 0.3 is 0 Å². The minimum absolute atomic E-state index is 0.112. The first kappa shape index (κ1) is 12.7. The molecule has 3 saturated carbocycles. The molecule has 21 heavy (non-hydrogen) atoms. The number of nitriles is 1. The Kier molecular flexibility index (Phi) is 2.40. The first-order valence-corrected chi connectivity index (χ1v) is 8.27. The summed E-state index contributed by atoms with van der Waals surface area (Å²) >= 11 is 0. The molecule has 0 spiro atoms. The third kappa shape index (κ3) is 1.56. The molecule has 3 aliphatic rings. The van der Waals surface area contributed by atoms with Gasteiger partial charge in [0.05, 0.1) is 16.3 Å². The highest BCUT2D eigenvalue weighted by molar-refractivity contribution is 7.84. The van der Waals surface area contributed by atoms with Crippen molar-refractivity contribution in [3.05, 3.63) is 28.2 Å². The molecule has 3 aliphatic carbocycles. The molecule has 2 aromatic heterocycles. The normalized spacial score (nSPS) is 27.5. The monoisotopic (exact) mass is 300 g/mol. The number of aromatic nitrogens is 3. The first-order valence-electron chi connectivity index (χ1n) is 6.71. The molecule has 106 valence electrons. The predicted octanol–water partition coefficient (Wildman–Crippen LogP) is 0.910. The summed E-state index contributed by atoms with van der Waals surface area (Å²) in [6.45, 7) is 0. The van der Waals surface area contributed by atoms with Gasteiger partial charge in [0.2, 0.25) is 5.16 Å². The van der Waals surface area contributed by atoms with Crippen LogP contribution in [0.3, 0.4) is 0 Å². The van der Waals surface area contributed by atoms with E-state index in [1.807, 2.05) is 6.07 Å². The fourth-order valence-corrected chi connectivity index (χ4v) is 3.86. The van der Waals surface area contributed by atoms with Gasteiger partial charge in [0.25, 0.3) is 5.56 Å². The van der Waals surface area contributed by atoms with E-state index in [9.17, 15) is 9.00 Å². The number of hydrogen-bond donors (Lipinski definition) is 0. The van der Waals surface area contributed by atoms with E-state index in [4.69, 9.17) is 5.26 Å². The lowest BCUT2D eigenvalue weighted by molar-refractivity contribution is -0.0884. The van der Waals surface area contributed by atoms with Gasteiger partial charge in [-0.15, -0.1) is 0 Å².